The van der Waals surface area contributed by atoms with Crippen molar-refractivity contribution in [3.8, 4) is 0 Å². The highest BCUT2D eigenvalue weighted by Crippen LogP contribution is 2.27. The molecule has 3 rings (SSSR count). The number of carbonyl (C=O) groups excluding carboxylic acids is 4. The molecule has 4 N–H and O–H groups in total. The minimum absolute atomic E-state index is 0.0267. The van der Waals surface area contributed by atoms with E-state index in [1.54, 1.807) is 26.0 Å². The van der Waals surface area contributed by atoms with Crippen molar-refractivity contribution in [2.45, 2.75) is 83.5 Å². The van der Waals surface area contributed by atoms with Crippen molar-refractivity contribution in [3.63, 3.8) is 0 Å². The van der Waals surface area contributed by atoms with Gasteiger partial charge in [0.05, 0.1) is 6.04 Å². The smallest absolute Gasteiger partial charge is 0.408 e. The van der Waals surface area contributed by atoms with E-state index in [-0.39, 0.29) is 30.4 Å². The van der Waals surface area contributed by atoms with E-state index in [0.29, 0.717) is 18.3 Å². The molecule has 2 aromatic rings. The summed E-state index contributed by atoms with van der Waals surface area (Å²) in [6.07, 6.45) is 6.95. The molecule has 0 aliphatic heterocycles. The molecule has 1 aromatic heterocycles. The number of amides is 3. The topological polar surface area (TPSA) is 146 Å². The van der Waals surface area contributed by atoms with Gasteiger partial charge in [0.25, 0.3) is 5.56 Å². The van der Waals surface area contributed by atoms with Gasteiger partial charge < -0.3 is 30.5 Å². The number of nitrogens with one attached hydrogen (secondary N) is 4. The maximum atomic E-state index is 13.4. The number of alkyl carbamates (subject to hydrolysis) is 1. The SMILES string of the molecule is CC(C)C(NC(=O)OCc1ccccc1)C(=O)NC(CC1CCCCC1)C(=O)NC(C=O)Cc1ccc[nH]c1=O. The van der Waals surface area contributed by atoms with Crippen LogP contribution in [0.5, 0.6) is 0 Å². The molecule has 0 bridgehead atoms. The average molecular weight is 553 g/mol. The van der Waals surface area contributed by atoms with Gasteiger partial charge in [-0.05, 0) is 29.9 Å². The van der Waals surface area contributed by atoms with Crippen molar-refractivity contribution < 1.29 is 23.9 Å². The third-order valence-corrected chi connectivity index (χ3v) is 7.19. The van der Waals surface area contributed by atoms with Crippen LogP contribution in [-0.4, -0.2) is 47.3 Å². The van der Waals surface area contributed by atoms with Crippen LogP contribution in [0.2, 0.25) is 0 Å². The number of H-pyrrole nitrogens is 1. The molecular weight excluding hydrogens is 512 g/mol. The Morgan fingerprint density at radius 3 is 2.35 bits per heavy atom. The van der Waals surface area contributed by atoms with Crippen molar-refractivity contribution in [1.29, 1.82) is 0 Å². The first-order valence-electron chi connectivity index (χ1n) is 14.0. The van der Waals surface area contributed by atoms with Crippen LogP contribution in [0, 0.1) is 11.8 Å². The van der Waals surface area contributed by atoms with E-state index in [4.69, 9.17) is 4.74 Å². The fraction of sp³-hybridized carbons (Fsp3) is 0.500. The zero-order valence-electron chi connectivity index (χ0n) is 23.2. The molecule has 0 saturated heterocycles. The summed E-state index contributed by atoms with van der Waals surface area (Å²) in [5.41, 5.74) is 0.848. The predicted octanol–water partition coefficient (Wildman–Crippen LogP) is 3.01. The Morgan fingerprint density at radius 2 is 1.70 bits per heavy atom. The van der Waals surface area contributed by atoms with E-state index >= 15 is 0 Å². The van der Waals surface area contributed by atoms with Crippen LogP contribution >= 0.6 is 0 Å². The lowest BCUT2D eigenvalue weighted by molar-refractivity contribution is -0.131. The molecule has 1 fully saturated rings. The standard InChI is InChI=1S/C30H40N4O6/c1-20(2)26(34-30(39)40-19-22-12-7-4-8-13-22)29(38)33-25(16-21-10-5-3-6-11-21)28(37)32-24(18-35)17-23-14-9-15-31-27(23)36/h4,7-9,12-15,18,20-21,24-26H,3,5-6,10-11,16-17,19H2,1-2H3,(H,31,36)(H,32,37)(H,33,38)(H,34,39). The Hall–Kier alpha value is -3.95. The average Bonchev–Trinajstić information content (AvgIpc) is 2.96. The van der Waals surface area contributed by atoms with Crippen LogP contribution in [0.15, 0.2) is 53.5 Å². The molecule has 0 radical (unpaired) electrons. The van der Waals surface area contributed by atoms with E-state index in [2.05, 4.69) is 20.9 Å². The fourth-order valence-corrected chi connectivity index (χ4v) is 4.95. The van der Waals surface area contributed by atoms with E-state index in [9.17, 15) is 24.0 Å². The van der Waals surface area contributed by atoms with Gasteiger partial charge in [0.1, 0.15) is 25.0 Å². The number of benzene rings is 1. The molecule has 10 heteroatoms. The van der Waals surface area contributed by atoms with Crippen molar-refractivity contribution in [1.82, 2.24) is 20.9 Å². The summed E-state index contributed by atoms with van der Waals surface area (Å²) < 4.78 is 5.29. The monoisotopic (exact) mass is 552 g/mol. The van der Waals surface area contributed by atoms with Gasteiger partial charge in [-0.3, -0.25) is 14.4 Å². The van der Waals surface area contributed by atoms with Crippen molar-refractivity contribution >= 4 is 24.2 Å². The lowest BCUT2D eigenvalue weighted by Gasteiger charge is -2.29. The Morgan fingerprint density at radius 1 is 0.975 bits per heavy atom. The lowest BCUT2D eigenvalue weighted by Crippen LogP contribution is -2.57. The van der Waals surface area contributed by atoms with Gasteiger partial charge in [0.2, 0.25) is 11.8 Å². The van der Waals surface area contributed by atoms with Gasteiger partial charge in [-0.25, -0.2) is 4.79 Å². The van der Waals surface area contributed by atoms with E-state index in [1.807, 2.05) is 30.3 Å². The highest BCUT2D eigenvalue weighted by atomic mass is 16.5. The second-order valence-corrected chi connectivity index (χ2v) is 10.7. The quantitative estimate of drug-likeness (QED) is 0.281. The highest BCUT2D eigenvalue weighted by Gasteiger charge is 2.32. The largest absolute Gasteiger partial charge is 0.445 e. The highest BCUT2D eigenvalue weighted by molar-refractivity contribution is 5.92. The zero-order chi connectivity index (χ0) is 28.9. The second kappa shape index (κ2) is 15.6. The van der Waals surface area contributed by atoms with Gasteiger partial charge in [0.15, 0.2) is 0 Å². The molecule has 3 unspecified atom stereocenters. The van der Waals surface area contributed by atoms with Crippen molar-refractivity contribution in [2.24, 2.45) is 11.8 Å². The van der Waals surface area contributed by atoms with Crippen molar-refractivity contribution in [3.05, 3.63) is 70.1 Å². The first-order valence-corrected chi connectivity index (χ1v) is 14.0. The number of pyridine rings is 1. The lowest BCUT2D eigenvalue weighted by atomic mass is 9.84. The predicted molar refractivity (Wildman–Crippen MR) is 150 cm³/mol. The van der Waals surface area contributed by atoms with Gasteiger partial charge in [-0.15, -0.1) is 0 Å². The fourth-order valence-electron chi connectivity index (χ4n) is 4.95. The van der Waals surface area contributed by atoms with Gasteiger partial charge in [-0.1, -0.05) is 82.3 Å². The number of ether oxygens (including phenoxy) is 1. The molecule has 1 heterocycles. The zero-order valence-corrected chi connectivity index (χ0v) is 23.2. The molecule has 40 heavy (non-hydrogen) atoms. The second-order valence-electron chi connectivity index (χ2n) is 10.7. The first kappa shape index (κ1) is 30.6. The molecule has 0 spiro atoms. The van der Waals surface area contributed by atoms with Crippen LogP contribution in [-0.2, 0) is 32.1 Å². The summed E-state index contributed by atoms with van der Waals surface area (Å²) in [6, 6.07) is 9.66. The molecule has 216 valence electrons. The number of carbonyl (C=O) groups is 4. The maximum absolute atomic E-state index is 13.4. The Kier molecular flexibility index (Phi) is 11.9. The van der Waals surface area contributed by atoms with E-state index in [0.717, 1.165) is 37.7 Å². The normalized spacial score (nSPS) is 15.9. The number of hydrogen-bond donors (Lipinski definition) is 4. The maximum Gasteiger partial charge on any atom is 0.408 e. The number of rotatable bonds is 13. The molecule has 3 atom stereocenters. The van der Waals surface area contributed by atoms with Crippen LogP contribution in [0.3, 0.4) is 0 Å². The van der Waals surface area contributed by atoms with Gasteiger partial charge in [0, 0.05) is 18.2 Å². The molecule has 1 saturated carbocycles. The van der Waals surface area contributed by atoms with Crippen LogP contribution in [0.4, 0.5) is 4.79 Å². The first-order chi connectivity index (χ1) is 19.3. The van der Waals surface area contributed by atoms with Crippen LogP contribution in [0.25, 0.3) is 0 Å². The summed E-state index contributed by atoms with van der Waals surface area (Å²) in [7, 11) is 0. The Labute approximate surface area is 234 Å². The summed E-state index contributed by atoms with van der Waals surface area (Å²) in [6.45, 7) is 3.64. The Bertz CT molecular complexity index is 1180. The Balaban J connectivity index is 1.67. The summed E-state index contributed by atoms with van der Waals surface area (Å²) >= 11 is 0. The van der Waals surface area contributed by atoms with Gasteiger partial charge in [-0.2, -0.15) is 0 Å². The molecule has 10 nitrogen and oxygen atoms in total. The van der Waals surface area contributed by atoms with Crippen molar-refractivity contribution in [2.75, 3.05) is 0 Å². The third kappa shape index (κ3) is 9.66. The third-order valence-electron chi connectivity index (χ3n) is 7.19. The minimum Gasteiger partial charge on any atom is -0.445 e. The molecule has 1 aromatic carbocycles. The molecule has 3 amide bonds. The number of aromatic nitrogens is 1. The molecule has 1 aliphatic carbocycles. The summed E-state index contributed by atoms with van der Waals surface area (Å²) in [5.74, 6) is -1.05. The van der Waals surface area contributed by atoms with E-state index < -0.39 is 36.0 Å². The molecular formula is C30H40N4O6. The number of aromatic amines is 1. The minimum atomic E-state index is -0.936. The van der Waals surface area contributed by atoms with E-state index in [1.165, 1.54) is 6.20 Å². The summed E-state index contributed by atoms with van der Waals surface area (Å²) in [5, 5.41) is 8.15. The number of aldehydes is 1. The number of hydrogen-bond acceptors (Lipinski definition) is 6. The van der Waals surface area contributed by atoms with Crippen LogP contribution in [0.1, 0.15) is 63.5 Å². The van der Waals surface area contributed by atoms with Crippen LogP contribution < -0.4 is 21.5 Å². The molecule has 1 aliphatic rings. The summed E-state index contributed by atoms with van der Waals surface area (Å²) in [4.78, 5) is 65.7. The van der Waals surface area contributed by atoms with Gasteiger partial charge >= 0.3 is 6.09 Å².